The molecule has 1 heterocycles. The molecule has 7 heteroatoms. The molecular weight excluding hydrogens is 256 g/mol. The SMILES string of the molecule is CS(=O)(=O)CCSc1ncc(N)cc1Cl. The number of halogens is 1. The Kier molecular flexibility index (Phi) is 4.24. The molecule has 15 heavy (non-hydrogen) atoms. The van der Waals surface area contributed by atoms with Crippen LogP contribution in [0.3, 0.4) is 0 Å². The van der Waals surface area contributed by atoms with Crippen molar-refractivity contribution in [3.8, 4) is 0 Å². The molecule has 4 nitrogen and oxygen atoms in total. The third kappa shape index (κ3) is 4.72. The van der Waals surface area contributed by atoms with E-state index in [1.54, 1.807) is 6.07 Å². The van der Waals surface area contributed by atoms with Gasteiger partial charge in [-0.15, -0.1) is 11.8 Å². The van der Waals surface area contributed by atoms with E-state index in [0.29, 0.717) is 21.5 Å². The zero-order valence-electron chi connectivity index (χ0n) is 8.10. The van der Waals surface area contributed by atoms with Crippen molar-refractivity contribution in [2.75, 3.05) is 23.5 Å². The van der Waals surface area contributed by atoms with Crippen LogP contribution in [0.25, 0.3) is 0 Å². The van der Waals surface area contributed by atoms with Crippen LogP contribution < -0.4 is 5.73 Å². The van der Waals surface area contributed by atoms with Gasteiger partial charge in [0.15, 0.2) is 0 Å². The predicted octanol–water partition coefficient (Wildman–Crippen LogP) is 1.45. The van der Waals surface area contributed by atoms with Crippen molar-refractivity contribution in [2.24, 2.45) is 0 Å². The molecule has 1 aromatic heterocycles. The molecule has 0 radical (unpaired) electrons. The van der Waals surface area contributed by atoms with E-state index in [2.05, 4.69) is 4.98 Å². The fourth-order valence-electron chi connectivity index (χ4n) is 0.836. The zero-order chi connectivity index (χ0) is 11.5. The van der Waals surface area contributed by atoms with Gasteiger partial charge >= 0.3 is 0 Å². The number of anilines is 1. The van der Waals surface area contributed by atoms with Gasteiger partial charge in [0, 0.05) is 12.0 Å². The van der Waals surface area contributed by atoms with Gasteiger partial charge in [0.25, 0.3) is 0 Å². The minimum absolute atomic E-state index is 0.111. The lowest BCUT2D eigenvalue weighted by atomic mass is 10.4. The summed E-state index contributed by atoms with van der Waals surface area (Å²) in [5.74, 6) is 0.551. The second kappa shape index (κ2) is 5.05. The van der Waals surface area contributed by atoms with Crippen LogP contribution >= 0.6 is 23.4 Å². The number of thioether (sulfide) groups is 1. The van der Waals surface area contributed by atoms with Crippen LogP contribution in [0, 0.1) is 0 Å². The maximum absolute atomic E-state index is 10.9. The van der Waals surface area contributed by atoms with Crippen LogP contribution in [-0.4, -0.2) is 31.2 Å². The van der Waals surface area contributed by atoms with E-state index in [1.807, 2.05) is 0 Å². The normalized spacial score (nSPS) is 11.6. The number of pyridine rings is 1. The highest BCUT2D eigenvalue weighted by molar-refractivity contribution is 8.00. The maximum atomic E-state index is 10.9. The largest absolute Gasteiger partial charge is 0.397 e. The van der Waals surface area contributed by atoms with Gasteiger partial charge in [0.05, 0.1) is 22.7 Å². The number of nitrogens with two attached hydrogens (primary N) is 1. The van der Waals surface area contributed by atoms with Crippen LogP contribution in [0.15, 0.2) is 17.3 Å². The van der Waals surface area contributed by atoms with E-state index < -0.39 is 9.84 Å². The summed E-state index contributed by atoms with van der Waals surface area (Å²) in [5, 5.41) is 1.06. The molecule has 0 aliphatic heterocycles. The third-order valence-electron chi connectivity index (χ3n) is 1.52. The summed E-state index contributed by atoms with van der Waals surface area (Å²) in [5.41, 5.74) is 5.97. The van der Waals surface area contributed by atoms with Crippen molar-refractivity contribution in [3.63, 3.8) is 0 Å². The number of nitrogens with zero attached hydrogens (tertiary/aromatic N) is 1. The number of aromatic nitrogens is 1. The van der Waals surface area contributed by atoms with E-state index in [1.165, 1.54) is 24.2 Å². The van der Waals surface area contributed by atoms with Crippen molar-refractivity contribution < 1.29 is 8.42 Å². The third-order valence-corrected chi connectivity index (χ3v) is 4.13. The summed E-state index contributed by atoms with van der Waals surface area (Å²) in [6.45, 7) is 0. The summed E-state index contributed by atoms with van der Waals surface area (Å²) >= 11 is 7.17. The second-order valence-electron chi connectivity index (χ2n) is 3.03. The van der Waals surface area contributed by atoms with Crippen LogP contribution in [-0.2, 0) is 9.84 Å². The van der Waals surface area contributed by atoms with E-state index >= 15 is 0 Å². The van der Waals surface area contributed by atoms with Crippen molar-refractivity contribution in [1.29, 1.82) is 0 Å². The number of nitrogen functional groups attached to an aromatic ring is 1. The summed E-state index contributed by atoms with van der Waals surface area (Å²) in [6, 6.07) is 1.59. The van der Waals surface area contributed by atoms with Crippen LogP contribution in [0.1, 0.15) is 0 Å². The van der Waals surface area contributed by atoms with Crippen LogP contribution in [0.5, 0.6) is 0 Å². The quantitative estimate of drug-likeness (QED) is 0.835. The lowest BCUT2D eigenvalue weighted by molar-refractivity contribution is 0.603. The second-order valence-corrected chi connectivity index (χ2v) is 6.78. The molecule has 0 fully saturated rings. The van der Waals surface area contributed by atoms with Gasteiger partial charge in [-0.25, -0.2) is 13.4 Å². The minimum Gasteiger partial charge on any atom is -0.397 e. The van der Waals surface area contributed by atoms with Gasteiger partial charge in [0.1, 0.15) is 14.9 Å². The Morgan fingerprint density at radius 2 is 2.27 bits per heavy atom. The number of sulfone groups is 1. The highest BCUT2D eigenvalue weighted by atomic mass is 35.5. The summed E-state index contributed by atoms with van der Waals surface area (Å²) in [6.07, 6.45) is 2.69. The average molecular weight is 267 g/mol. The molecule has 0 amide bonds. The Bertz CT molecular complexity index is 448. The fourth-order valence-corrected chi connectivity index (χ4v) is 3.24. The predicted molar refractivity (Wildman–Crippen MR) is 64.1 cm³/mol. The standard InChI is InChI=1S/C8H11ClN2O2S2/c1-15(12,13)3-2-14-8-7(9)4-6(10)5-11-8/h4-5H,2-3,10H2,1H3. The Balaban J connectivity index is 2.59. The van der Waals surface area contributed by atoms with Crippen molar-refractivity contribution in [2.45, 2.75) is 5.03 Å². The molecule has 0 aromatic carbocycles. The van der Waals surface area contributed by atoms with E-state index in [9.17, 15) is 8.42 Å². The lowest BCUT2D eigenvalue weighted by Crippen LogP contribution is -2.05. The number of rotatable bonds is 4. The topological polar surface area (TPSA) is 73.0 Å². The Morgan fingerprint density at radius 3 is 2.80 bits per heavy atom. The molecule has 0 bridgehead atoms. The number of hydrogen-bond donors (Lipinski definition) is 1. The van der Waals surface area contributed by atoms with E-state index in [4.69, 9.17) is 17.3 Å². The summed E-state index contributed by atoms with van der Waals surface area (Å²) in [4.78, 5) is 4.01. The Morgan fingerprint density at radius 1 is 1.60 bits per heavy atom. The zero-order valence-corrected chi connectivity index (χ0v) is 10.5. The number of hydrogen-bond acceptors (Lipinski definition) is 5. The minimum atomic E-state index is -2.93. The molecule has 0 saturated heterocycles. The first-order valence-corrected chi connectivity index (χ1v) is 7.52. The first-order chi connectivity index (χ1) is 6.88. The van der Waals surface area contributed by atoms with Gasteiger partial charge in [-0.2, -0.15) is 0 Å². The molecule has 0 unspecified atom stereocenters. The molecule has 0 aliphatic carbocycles. The Hall–Kier alpha value is -0.460. The van der Waals surface area contributed by atoms with Gasteiger partial charge in [-0.1, -0.05) is 11.6 Å². The lowest BCUT2D eigenvalue weighted by Gasteiger charge is -2.02. The summed E-state index contributed by atoms with van der Waals surface area (Å²) < 4.78 is 21.7. The van der Waals surface area contributed by atoms with Gasteiger partial charge in [0.2, 0.25) is 0 Å². The van der Waals surface area contributed by atoms with E-state index in [-0.39, 0.29) is 5.75 Å². The molecule has 2 N–H and O–H groups in total. The molecule has 0 atom stereocenters. The van der Waals surface area contributed by atoms with Gasteiger partial charge in [-0.05, 0) is 6.07 Å². The van der Waals surface area contributed by atoms with Crippen LogP contribution in [0.2, 0.25) is 5.02 Å². The average Bonchev–Trinajstić information content (AvgIpc) is 2.07. The molecule has 0 aliphatic rings. The van der Waals surface area contributed by atoms with Crippen molar-refractivity contribution >= 4 is 38.9 Å². The molecule has 0 spiro atoms. The van der Waals surface area contributed by atoms with Crippen molar-refractivity contribution in [1.82, 2.24) is 4.98 Å². The van der Waals surface area contributed by atoms with Gasteiger partial charge in [-0.3, -0.25) is 0 Å². The molecule has 1 rings (SSSR count). The van der Waals surface area contributed by atoms with Crippen LogP contribution in [0.4, 0.5) is 5.69 Å². The van der Waals surface area contributed by atoms with E-state index in [0.717, 1.165) is 0 Å². The fraction of sp³-hybridized carbons (Fsp3) is 0.375. The Labute approximate surface area is 98.1 Å². The smallest absolute Gasteiger partial charge is 0.148 e. The highest BCUT2D eigenvalue weighted by Gasteiger charge is 2.06. The highest BCUT2D eigenvalue weighted by Crippen LogP contribution is 2.26. The van der Waals surface area contributed by atoms with Gasteiger partial charge < -0.3 is 5.73 Å². The molecule has 84 valence electrons. The van der Waals surface area contributed by atoms with Crippen molar-refractivity contribution in [3.05, 3.63) is 17.3 Å². The molecule has 0 saturated carbocycles. The summed E-state index contributed by atoms with van der Waals surface area (Å²) in [7, 11) is -2.93. The molecular formula is C8H11ClN2O2S2. The first-order valence-electron chi connectivity index (χ1n) is 4.10. The maximum Gasteiger partial charge on any atom is 0.148 e. The molecule has 1 aromatic rings. The first kappa shape index (κ1) is 12.6. The monoisotopic (exact) mass is 266 g/mol.